The standard InChI is InChI=1S/C43H31NO/c1-43(2)38-18-7-5-14-34(38)35-26-25-31(27-39(35)43)44(40-19-10-17-37-36-15-6-8-20-41(36)45-42(37)40)30-23-21-29(22-24-30)33-16-9-12-28-11-3-4-13-32(28)33/h3-27H,1-2H3. The highest BCUT2D eigenvalue weighted by Gasteiger charge is 2.36. The third-order valence-electron chi connectivity index (χ3n) is 9.68. The van der Waals surface area contributed by atoms with Crippen LogP contribution in [0.25, 0.3) is 55.0 Å². The number of hydrogen-bond donors (Lipinski definition) is 0. The maximum atomic E-state index is 6.59. The molecule has 0 amide bonds. The van der Waals surface area contributed by atoms with Crippen LogP contribution in [-0.2, 0) is 5.41 Å². The molecule has 1 aliphatic carbocycles. The first-order chi connectivity index (χ1) is 22.1. The molecule has 45 heavy (non-hydrogen) atoms. The van der Waals surface area contributed by atoms with Gasteiger partial charge >= 0.3 is 0 Å². The van der Waals surface area contributed by atoms with Gasteiger partial charge in [-0.25, -0.2) is 0 Å². The van der Waals surface area contributed by atoms with E-state index in [2.05, 4.69) is 164 Å². The first-order valence-corrected chi connectivity index (χ1v) is 15.6. The number of benzene rings is 7. The molecule has 0 bridgehead atoms. The van der Waals surface area contributed by atoms with Crippen molar-refractivity contribution in [3.05, 3.63) is 163 Å². The van der Waals surface area contributed by atoms with Gasteiger partial charge in [0, 0.05) is 27.6 Å². The Bertz CT molecular complexity index is 2410. The predicted molar refractivity (Wildman–Crippen MR) is 189 cm³/mol. The van der Waals surface area contributed by atoms with Crippen molar-refractivity contribution in [2.75, 3.05) is 4.90 Å². The zero-order chi connectivity index (χ0) is 30.1. The van der Waals surface area contributed by atoms with E-state index in [4.69, 9.17) is 4.42 Å². The topological polar surface area (TPSA) is 16.4 Å². The Labute approximate surface area is 262 Å². The minimum absolute atomic E-state index is 0.1000. The van der Waals surface area contributed by atoms with Gasteiger partial charge in [-0.3, -0.25) is 0 Å². The third-order valence-corrected chi connectivity index (χ3v) is 9.68. The van der Waals surface area contributed by atoms with Crippen LogP contribution in [0.4, 0.5) is 17.1 Å². The van der Waals surface area contributed by atoms with Gasteiger partial charge in [-0.05, 0) is 80.6 Å². The molecule has 0 unspecified atom stereocenters. The highest BCUT2D eigenvalue weighted by atomic mass is 16.3. The van der Waals surface area contributed by atoms with Crippen LogP contribution in [0.15, 0.2) is 156 Å². The van der Waals surface area contributed by atoms with E-state index >= 15 is 0 Å². The zero-order valence-corrected chi connectivity index (χ0v) is 25.3. The average molecular weight is 578 g/mol. The lowest BCUT2D eigenvalue weighted by atomic mass is 9.82. The fourth-order valence-electron chi connectivity index (χ4n) is 7.43. The van der Waals surface area contributed by atoms with Gasteiger partial charge in [0.2, 0.25) is 0 Å². The average Bonchev–Trinajstić information content (AvgIpc) is 3.58. The normalized spacial score (nSPS) is 13.3. The molecule has 2 heteroatoms. The number of furan rings is 1. The summed E-state index contributed by atoms with van der Waals surface area (Å²) in [4.78, 5) is 2.36. The van der Waals surface area contributed by atoms with Crippen molar-refractivity contribution in [2.24, 2.45) is 0 Å². The highest BCUT2D eigenvalue weighted by molar-refractivity contribution is 6.10. The number of anilines is 3. The molecule has 0 saturated heterocycles. The lowest BCUT2D eigenvalue weighted by Crippen LogP contribution is -2.16. The number of nitrogens with zero attached hydrogens (tertiary/aromatic N) is 1. The van der Waals surface area contributed by atoms with E-state index in [1.54, 1.807) is 0 Å². The molecule has 0 aliphatic heterocycles. The molecule has 1 aliphatic rings. The van der Waals surface area contributed by atoms with Crippen LogP contribution in [0.3, 0.4) is 0 Å². The van der Waals surface area contributed by atoms with Gasteiger partial charge in [-0.15, -0.1) is 0 Å². The summed E-state index contributed by atoms with van der Waals surface area (Å²) in [5.41, 5.74) is 12.7. The second kappa shape index (κ2) is 9.70. The maximum absolute atomic E-state index is 6.59. The summed E-state index contributed by atoms with van der Waals surface area (Å²) in [7, 11) is 0. The SMILES string of the molecule is CC1(C)c2ccccc2-c2ccc(N(c3ccc(-c4cccc5ccccc45)cc3)c3cccc4c3oc3ccccc34)cc21. The van der Waals surface area contributed by atoms with Crippen LogP contribution >= 0.6 is 0 Å². The molecule has 0 spiro atoms. The van der Waals surface area contributed by atoms with E-state index in [1.807, 2.05) is 6.07 Å². The summed E-state index contributed by atoms with van der Waals surface area (Å²) in [6.07, 6.45) is 0. The molecular formula is C43H31NO. The van der Waals surface area contributed by atoms with Crippen LogP contribution in [0.1, 0.15) is 25.0 Å². The van der Waals surface area contributed by atoms with Crippen LogP contribution in [0, 0.1) is 0 Å². The van der Waals surface area contributed by atoms with E-state index in [-0.39, 0.29) is 5.41 Å². The number of hydrogen-bond acceptors (Lipinski definition) is 2. The lowest BCUT2D eigenvalue weighted by Gasteiger charge is -2.28. The van der Waals surface area contributed by atoms with Crippen molar-refractivity contribution in [2.45, 2.75) is 19.3 Å². The van der Waals surface area contributed by atoms with Crippen molar-refractivity contribution in [3.8, 4) is 22.3 Å². The molecule has 1 heterocycles. The van der Waals surface area contributed by atoms with Gasteiger partial charge in [0.25, 0.3) is 0 Å². The molecule has 9 rings (SSSR count). The molecule has 0 radical (unpaired) electrons. The molecule has 0 saturated carbocycles. The second-order valence-electron chi connectivity index (χ2n) is 12.6. The number of fused-ring (bicyclic) bond motifs is 7. The Hall–Kier alpha value is -5.60. The molecule has 8 aromatic rings. The zero-order valence-electron chi connectivity index (χ0n) is 25.3. The largest absolute Gasteiger partial charge is 0.454 e. The summed E-state index contributed by atoms with van der Waals surface area (Å²) in [5.74, 6) is 0. The van der Waals surface area contributed by atoms with E-state index in [0.29, 0.717) is 0 Å². The van der Waals surface area contributed by atoms with Crippen LogP contribution in [0.2, 0.25) is 0 Å². The van der Waals surface area contributed by atoms with Gasteiger partial charge in [0.1, 0.15) is 5.58 Å². The van der Waals surface area contributed by atoms with Gasteiger partial charge in [0.05, 0.1) is 5.69 Å². The monoisotopic (exact) mass is 577 g/mol. The quantitative estimate of drug-likeness (QED) is 0.207. The Balaban J connectivity index is 1.25. The van der Waals surface area contributed by atoms with Gasteiger partial charge in [0.15, 0.2) is 5.58 Å². The van der Waals surface area contributed by atoms with Crippen molar-refractivity contribution in [3.63, 3.8) is 0 Å². The Morgan fingerprint density at radius 3 is 2.02 bits per heavy atom. The molecule has 0 fully saturated rings. The van der Waals surface area contributed by atoms with E-state index < -0.39 is 0 Å². The van der Waals surface area contributed by atoms with Crippen LogP contribution < -0.4 is 4.90 Å². The molecule has 0 atom stereocenters. The third kappa shape index (κ3) is 3.89. The minimum atomic E-state index is -0.1000. The van der Waals surface area contributed by atoms with Crippen molar-refractivity contribution < 1.29 is 4.42 Å². The summed E-state index contributed by atoms with van der Waals surface area (Å²) in [6.45, 7) is 4.68. The molecule has 2 nitrogen and oxygen atoms in total. The van der Waals surface area contributed by atoms with Crippen LogP contribution in [0.5, 0.6) is 0 Å². The minimum Gasteiger partial charge on any atom is -0.454 e. The van der Waals surface area contributed by atoms with Crippen LogP contribution in [-0.4, -0.2) is 0 Å². The van der Waals surface area contributed by atoms with Gasteiger partial charge in [-0.2, -0.15) is 0 Å². The lowest BCUT2D eigenvalue weighted by molar-refractivity contribution is 0.660. The fourth-order valence-corrected chi connectivity index (χ4v) is 7.43. The Morgan fingerprint density at radius 1 is 0.489 bits per heavy atom. The van der Waals surface area contributed by atoms with Gasteiger partial charge < -0.3 is 9.32 Å². The summed E-state index contributed by atoms with van der Waals surface area (Å²) in [6, 6.07) is 54.7. The smallest absolute Gasteiger partial charge is 0.159 e. The van der Waals surface area contributed by atoms with Crippen molar-refractivity contribution in [1.82, 2.24) is 0 Å². The van der Waals surface area contributed by atoms with E-state index in [0.717, 1.165) is 39.0 Å². The summed E-state index contributed by atoms with van der Waals surface area (Å²) < 4.78 is 6.59. The fraction of sp³-hybridized carbons (Fsp3) is 0.0698. The number of para-hydroxylation sites is 2. The second-order valence-corrected chi connectivity index (χ2v) is 12.6. The maximum Gasteiger partial charge on any atom is 0.159 e. The molecule has 214 valence electrons. The Morgan fingerprint density at radius 2 is 1.13 bits per heavy atom. The first kappa shape index (κ1) is 25.9. The van der Waals surface area contributed by atoms with Crippen molar-refractivity contribution in [1.29, 1.82) is 0 Å². The molecule has 0 N–H and O–H groups in total. The van der Waals surface area contributed by atoms with E-state index in [1.165, 1.54) is 44.2 Å². The summed E-state index contributed by atoms with van der Waals surface area (Å²) in [5, 5.41) is 4.76. The number of rotatable bonds is 4. The summed E-state index contributed by atoms with van der Waals surface area (Å²) >= 11 is 0. The predicted octanol–water partition coefficient (Wildman–Crippen LogP) is 12.2. The van der Waals surface area contributed by atoms with E-state index in [9.17, 15) is 0 Å². The molecule has 7 aromatic carbocycles. The van der Waals surface area contributed by atoms with Gasteiger partial charge in [-0.1, -0.05) is 129 Å². The van der Waals surface area contributed by atoms with Crippen molar-refractivity contribution >= 4 is 49.8 Å². The molecule has 1 aromatic heterocycles. The first-order valence-electron chi connectivity index (χ1n) is 15.6. The Kier molecular flexibility index (Phi) is 5.58. The molecular weight excluding hydrogens is 546 g/mol. The highest BCUT2D eigenvalue weighted by Crippen LogP contribution is 2.51.